The van der Waals surface area contributed by atoms with Crippen molar-refractivity contribution in [1.29, 1.82) is 0 Å². The molecule has 2 N–H and O–H groups in total. The first-order valence-electron chi connectivity index (χ1n) is 5.39. The lowest BCUT2D eigenvalue weighted by atomic mass is 10.2. The molecule has 0 aliphatic rings. The van der Waals surface area contributed by atoms with Gasteiger partial charge in [-0.15, -0.1) is 11.3 Å². The summed E-state index contributed by atoms with van der Waals surface area (Å²) in [6.45, 7) is -0.546. The number of nitrogens with zero attached hydrogens (tertiary/aromatic N) is 1. The molecule has 0 radical (unpaired) electrons. The van der Waals surface area contributed by atoms with E-state index in [0.717, 1.165) is 12.1 Å². The van der Waals surface area contributed by atoms with Gasteiger partial charge in [0.25, 0.3) is 0 Å². The van der Waals surface area contributed by atoms with Crippen molar-refractivity contribution in [2.45, 2.75) is 18.0 Å². The van der Waals surface area contributed by atoms with Crippen molar-refractivity contribution in [2.75, 3.05) is 0 Å². The third kappa shape index (κ3) is 3.33. The number of thiazole rings is 1. The summed E-state index contributed by atoms with van der Waals surface area (Å²) in [6.07, 6.45) is 0. The van der Waals surface area contributed by atoms with Crippen molar-refractivity contribution < 1.29 is 17.9 Å². The van der Waals surface area contributed by atoms with E-state index in [4.69, 9.17) is 16.7 Å². The van der Waals surface area contributed by atoms with E-state index in [-0.39, 0.29) is 22.0 Å². The Morgan fingerprint density at radius 1 is 1.45 bits per heavy atom. The number of hydrogen-bond donors (Lipinski definition) is 2. The fourth-order valence-electron chi connectivity index (χ4n) is 1.47. The van der Waals surface area contributed by atoms with Gasteiger partial charge in [0, 0.05) is 10.9 Å². The molecule has 0 bridgehead atoms. The van der Waals surface area contributed by atoms with Crippen LogP contribution in [0.15, 0.2) is 27.9 Å². The molecule has 5 nitrogen and oxygen atoms in total. The van der Waals surface area contributed by atoms with Gasteiger partial charge in [0.1, 0.15) is 5.82 Å². The van der Waals surface area contributed by atoms with Gasteiger partial charge in [0.2, 0.25) is 10.0 Å². The summed E-state index contributed by atoms with van der Waals surface area (Å²) in [6, 6.07) is 1.94. The molecule has 2 aromatic rings. The van der Waals surface area contributed by atoms with Gasteiger partial charge < -0.3 is 5.11 Å². The van der Waals surface area contributed by atoms with Crippen molar-refractivity contribution in [3.8, 4) is 0 Å². The van der Waals surface area contributed by atoms with Gasteiger partial charge in [-0.3, -0.25) is 0 Å². The summed E-state index contributed by atoms with van der Waals surface area (Å²) >= 11 is 6.95. The number of hydrogen-bond acceptors (Lipinski definition) is 5. The van der Waals surface area contributed by atoms with Crippen LogP contribution in [0.5, 0.6) is 0 Å². The first-order valence-corrected chi connectivity index (χ1v) is 8.20. The molecule has 108 valence electrons. The number of rotatable bonds is 5. The molecule has 0 spiro atoms. The maximum atomic E-state index is 13.5. The van der Waals surface area contributed by atoms with Gasteiger partial charge in [-0.05, 0) is 12.1 Å². The lowest BCUT2D eigenvalue weighted by Gasteiger charge is -2.09. The Hall–Kier alpha value is -1.06. The number of aliphatic hydroxyl groups excluding tert-OH is 1. The third-order valence-corrected chi connectivity index (χ3v) is 4.92. The largest absolute Gasteiger partial charge is 0.392 e. The standard InChI is InChI=1S/C11H10ClFN2O3S2/c12-11-7(4-16)1-9(2-10(11)13)20(17,18)15-3-8-5-19-6-14-8/h1-2,5-6,15-16H,3-4H2. The highest BCUT2D eigenvalue weighted by molar-refractivity contribution is 7.89. The Labute approximate surface area is 124 Å². The molecule has 0 saturated heterocycles. The summed E-state index contributed by atoms with van der Waals surface area (Å²) in [5, 5.41) is 10.5. The van der Waals surface area contributed by atoms with Crippen LogP contribution >= 0.6 is 22.9 Å². The molecule has 1 aromatic heterocycles. The van der Waals surface area contributed by atoms with E-state index in [1.165, 1.54) is 11.3 Å². The third-order valence-electron chi connectivity index (χ3n) is 2.48. The monoisotopic (exact) mass is 336 g/mol. The van der Waals surface area contributed by atoms with E-state index < -0.39 is 22.4 Å². The predicted octanol–water partition coefficient (Wildman–Crippen LogP) is 1.91. The van der Waals surface area contributed by atoms with Crippen LogP contribution in [0.1, 0.15) is 11.3 Å². The summed E-state index contributed by atoms with van der Waals surface area (Å²) in [5.41, 5.74) is 2.16. The van der Waals surface area contributed by atoms with Crippen LogP contribution in [0.25, 0.3) is 0 Å². The van der Waals surface area contributed by atoms with Crippen LogP contribution in [0.3, 0.4) is 0 Å². The van der Waals surface area contributed by atoms with Crippen LogP contribution in [-0.2, 0) is 23.2 Å². The van der Waals surface area contributed by atoms with Crippen molar-refractivity contribution in [3.05, 3.63) is 45.1 Å². The Morgan fingerprint density at radius 2 is 2.20 bits per heavy atom. The van der Waals surface area contributed by atoms with Gasteiger partial charge in [-0.1, -0.05) is 11.6 Å². The molecule has 0 aliphatic carbocycles. The van der Waals surface area contributed by atoms with E-state index in [1.54, 1.807) is 10.9 Å². The maximum absolute atomic E-state index is 13.5. The van der Waals surface area contributed by atoms with Crippen molar-refractivity contribution in [1.82, 2.24) is 9.71 Å². The Kier molecular flexibility index (Phi) is 4.71. The van der Waals surface area contributed by atoms with Gasteiger partial charge >= 0.3 is 0 Å². The van der Waals surface area contributed by atoms with Crippen molar-refractivity contribution >= 4 is 33.0 Å². The minimum absolute atomic E-state index is 0.00450. The molecule has 1 aromatic carbocycles. The number of aliphatic hydroxyl groups is 1. The zero-order valence-electron chi connectivity index (χ0n) is 10.0. The second-order valence-electron chi connectivity index (χ2n) is 3.84. The molecular formula is C11H10ClFN2O3S2. The zero-order valence-corrected chi connectivity index (χ0v) is 12.4. The van der Waals surface area contributed by atoms with E-state index in [0.29, 0.717) is 5.69 Å². The molecule has 9 heteroatoms. The van der Waals surface area contributed by atoms with Crippen molar-refractivity contribution in [3.63, 3.8) is 0 Å². The molecule has 0 atom stereocenters. The second-order valence-corrected chi connectivity index (χ2v) is 6.70. The molecule has 0 fully saturated rings. The quantitative estimate of drug-likeness (QED) is 0.874. The summed E-state index contributed by atoms with van der Waals surface area (Å²) in [7, 11) is -3.90. The smallest absolute Gasteiger partial charge is 0.241 e. The van der Waals surface area contributed by atoms with Crippen LogP contribution in [0.4, 0.5) is 4.39 Å². The van der Waals surface area contributed by atoms with Gasteiger partial charge in [-0.2, -0.15) is 0 Å². The topological polar surface area (TPSA) is 79.3 Å². The highest BCUT2D eigenvalue weighted by Gasteiger charge is 2.18. The Bertz CT molecular complexity index is 705. The molecule has 0 amide bonds. The lowest BCUT2D eigenvalue weighted by molar-refractivity contribution is 0.281. The van der Waals surface area contributed by atoms with Gasteiger partial charge in [-0.25, -0.2) is 22.5 Å². The zero-order chi connectivity index (χ0) is 14.8. The molecule has 0 unspecified atom stereocenters. The van der Waals surface area contributed by atoms with E-state index in [9.17, 15) is 12.8 Å². The number of sulfonamides is 1. The minimum atomic E-state index is -3.90. The SMILES string of the molecule is O=S(=O)(NCc1cscn1)c1cc(F)c(Cl)c(CO)c1. The summed E-state index contributed by atoms with van der Waals surface area (Å²) < 4.78 is 39.9. The number of benzene rings is 1. The van der Waals surface area contributed by atoms with E-state index in [2.05, 4.69) is 9.71 Å². The lowest BCUT2D eigenvalue weighted by Crippen LogP contribution is -2.23. The molecule has 0 aliphatic heterocycles. The highest BCUT2D eigenvalue weighted by Crippen LogP contribution is 2.24. The fourth-order valence-corrected chi connectivity index (χ4v) is 3.25. The Balaban J connectivity index is 2.27. The summed E-state index contributed by atoms with van der Waals surface area (Å²) in [5.74, 6) is -0.896. The highest BCUT2D eigenvalue weighted by atomic mass is 35.5. The average Bonchev–Trinajstić information content (AvgIpc) is 2.92. The number of halogens is 2. The molecular weight excluding hydrogens is 327 g/mol. The second kappa shape index (κ2) is 6.15. The fraction of sp³-hybridized carbons (Fsp3) is 0.182. The predicted molar refractivity (Wildman–Crippen MR) is 73.5 cm³/mol. The van der Waals surface area contributed by atoms with Crippen molar-refractivity contribution in [2.24, 2.45) is 0 Å². The Morgan fingerprint density at radius 3 is 2.80 bits per heavy atom. The minimum Gasteiger partial charge on any atom is -0.392 e. The number of aromatic nitrogens is 1. The number of nitrogens with one attached hydrogen (secondary N) is 1. The van der Waals surface area contributed by atoms with Gasteiger partial charge in [0.05, 0.1) is 34.3 Å². The molecule has 20 heavy (non-hydrogen) atoms. The van der Waals surface area contributed by atoms with Crippen LogP contribution in [0, 0.1) is 5.82 Å². The van der Waals surface area contributed by atoms with Crippen LogP contribution < -0.4 is 4.72 Å². The first-order chi connectivity index (χ1) is 9.44. The first kappa shape index (κ1) is 15.3. The summed E-state index contributed by atoms with van der Waals surface area (Å²) in [4.78, 5) is 3.64. The van der Waals surface area contributed by atoms with E-state index in [1.807, 2.05) is 0 Å². The normalized spacial score (nSPS) is 11.8. The molecule has 0 saturated carbocycles. The average molecular weight is 337 g/mol. The van der Waals surface area contributed by atoms with Gasteiger partial charge in [0.15, 0.2) is 0 Å². The maximum Gasteiger partial charge on any atom is 0.241 e. The molecule has 1 heterocycles. The van der Waals surface area contributed by atoms with Crippen LogP contribution in [-0.4, -0.2) is 18.5 Å². The van der Waals surface area contributed by atoms with Crippen LogP contribution in [0.2, 0.25) is 5.02 Å². The molecule has 2 rings (SSSR count). The van der Waals surface area contributed by atoms with E-state index >= 15 is 0 Å².